The molecule has 2 heterocycles. The van der Waals surface area contributed by atoms with Crippen molar-refractivity contribution >= 4 is 28.4 Å². The summed E-state index contributed by atoms with van der Waals surface area (Å²) < 4.78 is 1.99. The number of carbonyl (C=O) groups excluding carboxylic acids is 1. The van der Waals surface area contributed by atoms with Gasteiger partial charge in [0.25, 0.3) is 0 Å². The van der Waals surface area contributed by atoms with Crippen LogP contribution in [0.5, 0.6) is 0 Å². The van der Waals surface area contributed by atoms with Crippen molar-refractivity contribution in [3.63, 3.8) is 0 Å². The lowest BCUT2D eigenvalue weighted by Gasteiger charge is -2.24. The van der Waals surface area contributed by atoms with E-state index < -0.39 is 5.97 Å². The summed E-state index contributed by atoms with van der Waals surface area (Å²) in [5.74, 6) is -0.610. The first-order valence-corrected chi connectivity index (χ1v) is 10.6. The van der Waals surface area contributed by atoms with Crippen LogP contribution in [-0.4, -0.2) is 33.5 Å². The van der Waals surface area contributed by atoms with Crippen LogP contribution in [0.25, 0.3) is 16.5 Å². The molecule has 1 aromatic carbocycles. The number of hydrogen-bond acceptors (Lipinski definition) is 2. The highest BCUT2D eigenvalue weighted by Crippen LogP contribution is 2.44. The first kappa shape index (κ1) is 20.2. The van der Waals surface area contributed by atoms with Crippen molar-refractivity contribution in [2.45, 2.75) is 51.5 Å². The fourth-order valence-corrected chi connectivity index (χ4v) is 4.90. The Bertz CT molecular complexity index is 1100. The number of nitrogens with zero attached hydrogens (tertiary/aromatic N) is 2. The van der Waals surface area contributed by atoms with Crippen LogP contribution in [0.1, 0.15) is 66.6 Å². The smallest absolute Gasteiger partial charge is 0.335 e. The van der Waals surface area contributed by atoms with Crippen molar-refractivity contribution in [2.75, 3.05) is 7.05 Å². The zero-order chi connectivity index (χ0) is 21.4. The van der Waals surface area contributed by atoms with E-state index in [0.717, 1.165) is 40.7 Å². The highest BCUT2D eigenvalue weighted by molar-refractivity contribution is 6.00. The molecule has 1 saturated carbocycles. The molecule has 1 aromatic heterocycles. The van der Waals surface area contributed by atoms with Crippen LogP contribution in [0.2, 0.25) is 0 Å². The van der Waals surface area contributed by atoms with Gasteiger partial charge in [-0.2, -0.15) is 0 Å². The average molecular weight is 405 g/mol. The van der Waals surface area contributed by atoms with Gasteiger partial charge in [0.15, 0.2) is 0 Å². The Labute approximate surface area is 177 Å². The topological polar surface area (TPSA) is 62.5 Å². The van der Waals surface area contributed by atoms with Gasteiger partial charge in [0.05, 0.1) is 22.5 Å². The number of allylic oxidation sites excluding steroid dienone is 4. The lowest BCUT2D eigenvalue weighted by atomic mass is 9.81. The summed E-state index contributed by atoms with van der Waals surface area (Å²) >= 11 is 0. The Morgan fingerprint density at radius 2 is 1.97 bits per heavy atom. The van der Waals surface area contributed by atoms with Gasteiger partial charge in [-0.1, -0.05) is 44.1 Å². The molecule has 0 unspecified atom stereocenters. The third-order valence-electron chi connectivity index (χ3n) is 6.43. The Kier molecular flexibility index (Phi) is 5.37. The molecule has 1 aliphatic heterocycles. The van der Waals surface area contributed by atoms with Gasteiger partial charge in [0.2, 0.25) is 5.91 Å². The Morgan fingerprint density at radius 1 is 1.23 bits per heavy atom. The molecule has 5 heteroatoms. The maximum atomic E-state index is 13.0. The first-order chi connectivity index (χ1) is 14.4. The fraction of sp³-hybridized carbons (Fsp3) is 0.360. The molecule has 0 atom stereocenters. The second-order valence-corrected chi connectivity index (χ2v) is 8.23. The van der Waals surface area contributed by atoms with Crippen LogP contribution < -0.4 is 0 Å². The molecule has 1 amide bonds. The quantitative estimate of drug-likeness (QED) is 0.752. The summed E-state index contributed by atoms with van der Waals surface area (Å²) in [7, 11) is 1.78. The van der Waals surface area contributed by atoms with Crippen LogP contribution in [0, 0.1) is 0 Å². The summed E-state index contributed by atoms with van der Waals surface area (Å²) in [5.41, 5.74) is 4.85. The molecular formula is C25H28N2O3. The highest BCUT2D eigenvalue weighted by Gasteiger charge is 2.32. The number of carbonyl (C=O) groups is 2. The Morgan fingerprint density at radius 3 is 2.63 bits per heavy atom. The fourth-order valence-electron chi connectivity index (χ4n) is 4.90. The Hall–Kier alpha value is -3.08. The average Bonchev–Trinajstić information content (AvgIpc) is 3.03. The van der Waals surface area contributed by atoms with Gasteiger partial charge < -0.3 is 14.6 Å². The summed E-state index contributed by atoms with van der Waals surface area (Å²) in [6.45, 7) is 6.52. The van der Waals surface area contributed by atoms with Gasteiger partial charge in [0.1, 0.15) is 6.54 Å². The molecular weight excluding hydrogens is 376 g/mol. The molecule has 2 aromatic rings. The number of aromatic nitrogens is 1. The number of benzene rings is 1. The molecule has 4 rings (SSSR count). The van der Waals surface area contributed by atoms with E-state index in [9.17, 15) is 14.7 Å². The van der Waals surface area contributed by atoms with E-state index in [-0.39, 0.29) is 18.0 Å². The van der Waals surface area contributed by atoms with Crippen molar-refractivity contribution in [3.8, 4) is 0 Å². The van der Waals surface area contributed by atoms with Crippen LogP contribution in [-0.2, 0) is 11.3 Å². The van der Waals surface area contributed by atoms with E-state index in [1.54, 1.807) is 24.1 Å². The van der Waals surface area contributed by atoms with Gasteiger partial charge in [-0.25, -0.2) is 4.79 Å². The molecule has 0 bridgehead atoms. The third-order valence-corrected chi connectivity index (χ3v) is 6.43. The van der Waals surface area contributed by atoms with Gasteiger partial charge in [-0.15, -0.1) is 0 Å². The van der Waals surface area contributed by atoms with Crippen LogP contribution >= 0.6 is 0 Å². The summed E-state index contributed by atoms with van der Waals surface area (Å²) in [6, 6.07) is 5.29. The summed E-state index contributed by atoms with van der Waals surface area (Å²) in [4.78, 5) is 26.3. The third kappa shape index (κ3) is 3.28. The van der Waals surface area contributed by atoms with Crippen molar-refractivity contribution in [2.24, 2.45) is 0 Å². The number of rotatable bonds is 3. The van der Waals surface area contributed by atoms with E-state index in [1.807, 2.05) is 35.8 Å². The van der Waals surface area contributed by atoms with E-state index in [2.05, 4.69) is 6.58 Å². The minimum atomic E-state index is -0.962. The van der Waals surface area contributed by atoms with E-state index >= 15 is 0 Å². The molecule has 0 radical (unpaired) electrons. The Balaban J connectivity index is 2.03. The molecule has 30 heavy (non-hydrogen) atoms. The molecule has 1 fully saturated rings. The van der Waals surface area contributed by atoms with Gasteiger partial charge in [-0.3, -0.25) is 4.79 Å². The largest absolute Gasteiger partial charge is 0.478 e. The van der Waals surface area contributed by atoms with Crippen LogP contribution in [0.3, 0.4) is 0 Å². The predicted octanol–water partition coefficient (Wildman–Crippen LogP) is 5.33. The number of fused-ring (bicyclic) bond motifs is 3. The zero-order valence-electron chi connectivity index (χ0n) is 17.6. The zero-order valence-corrected chi connectivity index (χ0v) is 17.6. The van der Waals surface area contributed by atoms with Crippen LogP contribution in [0.4, 0.5) is 0 Å². The summed E-state index contributed by atoms with van der Waals surface area (Å²) in [5, 5.41) is 10.6. The lowest BCUT2D eigenvalue weighted by molar-refractivity contribution is -0.128. The standard InChI is InChI=1S/C25H28N2O3/c1-4-5-11-20-16(2)24-23(17-9-7-6-8-10-17)19-13-12-18(25(29)30)14-21(19)27(24)15-22(28)26(20)3/h4-5,11-14,17H,2,6-10,15H2,1,3H3,(H,29,30)/b5-4-,20-11+. The van der Waals surface area contributed by atoms with Crippen molar-refractivity contribution in [3.05, 3.63) is 65.5 Å². The lowest BCUT2D eigenvalue weighted by Crippen LogP contribution is -2.27. The number of hydrogen-bond donors (Lipinski definition) is 1. The minimum absolute atomic E-state index is 0.0431. The number of carboxylic acid groups (broad SMARTS) is 1. The molecule has 1 aliphatic carbocycles. The SMILES string of the molecule is C=C1/C(=C\C=C/C)N(C)C(=O)Cn2c1c(C1CCCCC1)c1ccc(C(=O)O)cc12. The second kappa shape index (κ2) is 7.98. The monoisotopic (exact) mass is 404 g/mol. The number of aromatic carboxylic acids is 1. The maximum absolute atomic E-state index is 13.0. The van der Waals surface area contributed by atoms with Gasteiger partial charge >= 0.3 is 5.97 Å². The van der Waals surface area contributed by atoms with Gasteiger partial charge in [-0.05, 0) is 49.5 Å². The minimum Gasteiger partial charge on any atom is -0.478 e. The second-order valence-electron chi connectivity index (χ2n) is 8.23. The van der Waals surface area contributed by atoms with Crippen LogP contribution in [0.15, 0.2) is 48.7 Å². The molecule has 5 nitrogen and oxygen atoms in total. The summed E-state index contributed by atoms with van der Waals surface area (Å²) in [6.07, 6.45) is 11.6. The number of amides is 1. The molecule has 2 aliphatic rings. The molecule has 0 spiro atoms. The van der Waals surface area contributed by atoms with E-state index in [0.29, 0.717) is 5.92 Å². The van der Waals surface area contributed by atoms with Crippen molar-refractivity contribution < 1.29 is 14.7 Å². The maximum Gasteiger partial charge on any atom is 0.335 e. The first-order valence-electron chi connectivity index (χ1n) is 10.6. The number of likely N-dealkylation sites (N-methyl/N-ethyl adjacent to an activating group) is 1. The molecule has 1 N–H and O–H groups in total. The van der Waals surface area contributed by atoms with E-state index in [1.165, 1.54) is 24.8 Å². The number of carboxylic acids is 1. The van der Waals surface area contributed by atoms with Crippen molar-refractivity contribution in [1.29, 1.82) is 0 Å². The van der Waals surface area contributed by atoms with Gasteiger partial charge in [0, 0.05) is 18.0 Å². The normalized spacial score (nSPS) is 19.7. The van der Waals surface area contributed by atoms with Crippen molar-refractivity contribution in [1.82, 2.24) is 9.47 Å². The highest BCUT2D eigenvalue weighted by atomic mass is 16.4. The predicted molar refractivity (Wildman–Crippen MR) is 119 cm³/mol. The molecule has 0 saturated heterocycles. The van der Waals surface area contributed by atoms with E-state index in [4.69, 9.17) is 0 Å². The molecule has 156 valence electrons.